The fraction of sp³-hybridized carbons (Fsp3) is 0.185. The first-order chi connectivity index (χ1) is 18.7. The largest absolute Gasteiger partial charge is 0.399 e. The average molecular weight is 567 g/mol. The van der Waals surface area contributed by atoms with Crippen molar-refractivity contribution in [1.82, 2.24) is 24.2 Å². The summed E-state index contributed by atoms with van der Waals surface area (Å²) in [7, 11) is 3.73. The Bertz CT molecular complexity index is 1780. The normalized spacial score (nSPS) is 11.5. The van der Waals surface area contributed by atoms with E-state index in [2.05, 4.69) is 10.2 Å². The van der Waals surface area contributed by atoms with Crippen LogP contribution in [-0.2, 0) is 13.1 Å². The van der Waals surface area contributed by atoms with E-state index in [4.69, 9.17) is 5.73 Å². The molecule has 0 saturated carbocycles. The highest BCUT2D eigenvalue weighted by molar-refractivity contribution is 7.98. The third-order valence-corrected chi connectivity index (χ3v) is 8.10. The Morgan fingerprint density at radius 1 is 0.974 bits per heavy atom. The molecule has 0 aliphatic carbocycles. The van der Waals surface area contributed by atoms with E-state index in [1.807, 2.05) is 37.4 Å². The van der Waals surface area contributed by atoms with Gasteiger partial charge in [0.05, 0.1) is 11.9 Å². The highest BCUT2D eigenvalue weighted by atomic mass is 32.2. The van der Waals surface area contributed by atoms with Gasteiger partial charge in [-0.2, -0.15) is 0 Å². The molecule has 0 bridgehead atoms. The lowest BCUT2D eigenvalue weighted by Crippen LogP contribution is -2.39. The first kappa shape index (κ1) is 26.7. The molecule has 39 heavy (non-hydrogen) atoms. The highest BCUT2D eigenvalue weighted by Crippen LogP contribution is 2.38. The van der Waals surface area contributed by atoms with Gasteiger partial charge >= 0.3 is 5.69 Å². The van der Waals surface area contributed by atoms with Crippen LogP contribution in [0, 0.1) is 11.6 Å². The highest BCUT2D eigenvalue weighted by Gasteiger charge is 2.25. The van der Waals surface area contributed by atoms with Gasteiger partial charge < -0.3 is 10.6 Å². The second-order valence-electron chi connectivity index (χ2n) is 9.09. The Morgan fingerprint density at radius 3 is 2.26 bits per heavy atom. The predicted octanol–water partition coefficient (Wildman–Crippen LogP) is 4.36. The molecule has 0 radical (unpaired) electrons. The first-order valence-corrected chi connectivity index (χ1v) is 13.9. The number of hydrogen-bond acceptors (Lipinski definition) is 8. The SMILES string of the molecule is CSc1ccc(-n2c(=O)c3c(CN(C)C)c(-c4ccc(N)cc4)sc3n(Cc3c(F)cccc3F)c2=O)nn1. The maximum atomic E-state index is 14.7. The topological polar surface area (TPSA) is 99.0 Å². The number of anilines is 1. The molecule has 3 heterocycles. The van der Waals surface area contributed by atoms with Crippen molar-refractivity contribution in [2.45, 2.75) is 18.1 Å². The van der Waals surface area contributed by atoms with Gasteiger partial charge in [-0.25, -0.2) is 18.1 Å². The summed E-state index contributed by atoms with van der Waals surface area (Å²) in [4.78, 5) is 30.9. The maximum Gasteiger partial charge on any atom is 0.338 e. The number of fused-ring (bicyclic) bond motifs is 1. The average Bonchev–Trinajstić information content (AvgIpc) is 3.27. The third-order valence-electron chi connectivity index (χ3n) is 6.16. The summed E-state index contributed by atoms with van der Waals surface area (Å²) < 4.78 is 31.6. The number of nitrogens with two attached hydrogens (primary N) is 1. The molecule has 12 heteroatoms. The van der Waals surface area contributed by atoms with Gasteiger partial charge in [0, 0.05) is 22.7 Å². The summed E-state index contributed by atoms with van der Waals surface area (Å²) in [6.07, 6.45) is 1.83. The Kier molecular flexibility index (Phi) is 7.34. The molecule has 3 aromatic heterocycles. The smallest absolute Gasteiger partial charge is 0.338 e. The van der Waals surface area contributed by atoms with Crippen LogP contribution in [0.1, 0.15) is 11.1 Å². The van der Waals surface area contributed by atoms with Crippen LogP contribution >= 0.6 is 23.1 Å². The van der Waals surface area contributed by atoms with Crippen LogP contribution in [0.2, 0.25) is 0 Å². The maximum absolute atomic E-state index is 14.7. The molecular formula is C27H24F2N6O2S2. The van der Waals surface area contributed by atoms with Crippen LogP contribution in [0.15, 0.2) is 69.2 Å². The summed E-state index contributed by atoms with van der Waals surface area (Å²) in [5, 5.41) is 9.06. The van der Waals surface area contributed by atoms with Crippen molar-refractivity contribution in [3.05, 3.63) is 98.2 Å². The summed E-state index contributed by atoms with van der Waals surface area (Å²) in [6, 6.07) is 13.9. The minimum atomic E-state index is -0.791. The number of thioether (sulfide) groups is 1. The molecule has 0 saturated heterocycles. The Hall–Kier alpha value is -3.87. The molecule has 0 aliphatic heterocycles. The molecule has 2 aromatic carbocycles. The zero-order valence-corrected chi connectivity index (χ0v) is 22.9. The number of aromatic nitrogens is 4. The van der Waals surface area contributed by atoms with E-state index in [0.717, 1.165) is 27.1 Å². The molecule has 0 unspecified atom stereocenters. The zero-order chi connectivity index (χ0) is 27.8. The number of nitrogens with zero attached hydrogens (tertiary/aromatic N) is 5. The molecule has 5 aromatic rings. The van der Waals surface area contributed by atoms with Gasteiger partial charge in [-0.1, -0.05) is 18.2 Å². The number of thiophene rings is 1. The van der Waals surface area contributed by atoms with Crippen LogP contribution in [0.5, 0.6) is 0 Å². The lowest BCUT2D eigenvalue weighted by Gasteiger charge is -2.14. The zero-order valence-electron chi connectivity index (χ0n) is 21.3. The van der Waals surface area contributed by atoms with Gasteiger partial charge in [0.1, 0.15) is 21.5 Å². The van der Waals surface area contributed by atoms with E-state index < -0.39 is 29.4 Å². The lowest BCUT2D eigenvalue weighted by atomic mass is 10.1. The van der Waals surface area contributed by atoms with Gasteiger partial charge in [0.2, 0.25) is 0 Å². The van der Waals surface area contributed by atoms with E-state index in [1.54, 1.807) is 18.2 Å². The van der Waals surface area contributed by atoms with Gasteiger partial charge in [-0.3, -0.25) is 9.36 Å². The summed E-state index contributed by atoms with van der Waals surface area (Å²) in [5.41, 5.74) is 6.31. The number of hydrogen-bond donors (Lipinski definition) is 1. The molecule has 0 amide bonds. The van der Waals surface area contributed by atoms with E-state index in [1.165, 1.54) is 39.8 Å². The summed E-state index contributed by atoms with van der Waals surface area (Å²) >= 11 is 2.58. The van der Waals surface area contributed by atoms with Crippen molar-refractivity contribution in [1.29, 1.82) is 0 Å². The van der Waals surface area contributed by atoms with Crippen molar-refractivity contribution < 1.29 is 8.78 Å². The minimum Gasteiger partial charge on any atom is -0.399 e. The Labute approximate surface area is 230 Å². The van der Waals surface area contributed by atoms with Crippen molar-refractivity contribution in [3.63, 3.8) is 0 Å². The van der Waals surface area contributed by atoms with Gasteiger partial charge in [-0.05, 0) is 67.9 Å². The summed E-state index contributed by atoms with van der Waals surface area (Å²) in [5.74, 6) is -1.56. The standard InChI is InChI=1S/C27H24F2N6O2S2/c1-33(2)13-18-23-25(36)35(21-11-12-22(38-3)32-31-21)27(37)34(14-17-19(28)5-4-6-20(17)29)26(23)39-24(18)15-7-9-16(30)10-8-15/h4-12H,13-14,30H2,1-3H3. The van der Waals surface area contributed by atoms with Crippen LogP contribution in [0.3, 0.4) is 0 Å². The van der Waals surface area contributed by atoms with E-state index in [0.29, 0.717) is 27.7 Å². The minimum absolute atomic E-state index is 0.0171. The van der Waals surface area contributed by atoms with Crippen molar-refractivity contribution in [2.24, 2.45) is 0 Å². The van der Waals surface area contributed by atoms with Crippen molar-refractivity contribution in [3.8, 4) is 16.3 Å². The van der Waals surface area contributed by atoms with E-state index in [-0.39, 0.29) is 16.8 Å². The van der Waals surface area contributed by atoms with Crippen LogP contribution in [0.25, 0.3) is 26.5 Å². The van der Waals surface area contributed by atoms with E-state index >= 15 is 0 Å². The third kappa shape index (κ3) is 4.98. The molecule has 200 valence electrons. The Balaban J connectivity index is 1.89. The molecule has 8 nitrogen and oxygen atoms in total. The number of benzene rings is 2. The monoisotopic (exact) mass is 566 g/mol. The first-order valence-electron chi connectivity index (χ1n) is 11.8. The predicted molar refractivity (Wildman–Crippen MR) is 152 cm³/mol. The molecule has 0 atom stereocenters. The fourth-order valence-electron chi connectivity index (χ4n) is 4.33. The number of halogens is 2. The Morgan fingerprint density at radius 2 is 1.67 bits per heavy atom. The number of rotatable bonds is 7. The van der Waals surface area contributed by atoms with Crippen LogP contribution in [0.4, 0.5) is 14.5 Å². The van der Waals surface area contributed by atoms with Gasteiger partial charge in [0.15, 0.2) is 5.82 Å². The summed E-state index contributed by atoms with van der Waals surface area (Å²) in [6.45, 7) is -0.0498. The van der Waals surface area contributed by atoms with Crippen molar-refractivity contribution >= 4 is 39.0 Å². The number of nitrogen functional groups attached to an aromatic ring is 1. The van der Waals surface area contributed by atoms with Gasteiger partial charge in [-0.15, -0.1) is 33.3 Å². The lowest BCUT2D eigenvalue weighted by molar-refractivity contribution is 0.405. The second-order valence-corrected chi connectivity index (χ2v) is 10.9. The molecule has 2 N–H and O–H groups in total. The van der Waals surface area contributed by atoms with Crippen molar-refractivity contribution in [2.75, 3.05) is 26.1 Å². The molecule has 0 fully saturated rings. The molecule has 0 aliphatic rings. The van der Waals surface area contributed by atoms with E-state index in [9.17, 15) is 18.4 Å². The molecule has 5 rings (SSSR count). The van der Waals surface area contributed by atoms with Crippen LogP contribution in [-0.4, -0.2) is 44.6 Å². The van der Waals surface area contributed by atoms with Crippen LogP contribution < -0.4 is 17.0 Å². The fourth-order valence-corrected chi connectivity index (χ4v) is 5.96. The van der Waals surface area contributed by atoms with Gasteiger partial charge in [0.25, 0.3) is 5.56 Å². The molecular weight excluding hydrogens is 542 g/mol. The quantitative estimate of drug-likeness (QED) is 0.231. The second kappa shape index (κ2) is 10.7. The molecule has 0 spiro atoms.